The molecule has 3 nitrogen and oxygen atoms in total. The van der Waals surface area contributed by atoms with Crippen molar-refractivity contribution in [1.82, 2.24) is 5.32 Å². The number of hydrogen-bond donors (Lipinski definition) is 2. The number of para-hydroxylation sites is 1. The van der Waals surface area contributed by atoms with E-state index in [0.29, 0.717) is 11.8 Å². The number of benzene rings is 2. The van der Waals surface area contributed by atoms with Gasteiger partial charge in [0.05, 0.1) is 7.11 Å². The van der Waals surface area contributed by atoms with Gasteiger partial charge in [0, 0.05) is 24.2 Å². The molecule has 0 fully saturated rings. The second-order valence-corrected chi connectivity index (χ2v) is 7.22. The zero-order valence-corrected chi connectivity index (χ0v) is 16.1. The Hall–Kier alpha value is -1.84. The van der Waals surface area contributed by atoms with E-state index in [1.54, 1.807) is 7.11 Å². The van der Waals surface area contributed by atoms with Gasteiger partial charge in [0.1, 0.15) is 5.75 Å². The lowest BCUT2D eigenvalue weighted by atomic mass is 9.90. The third-order valence-corrected chi connectivity index (χ3v) is 5.22. The molecule has 0 aromatic heterocycles. The quantitative estimate of drug-likeness (QED) is 0.736. The molecule has 2 aromatic carbocycles. The summed E-state index contributed by atoms with van der Waals surface area (Å²) >= 11 is 0. The standard InChI is InChI=1S/C22H32N2O/c1-15(2)16(3)21(23)14-24-17(4)18-10-12-19(13-11-18)20-8-6-7-9-22(20)25-5/h6-13,15-17,21,24H,14,23H2,1-5H3. The van der Waals surface area contributed by atoms with Crippen molar-refractivity contribution in [2.75, 3.05) is 13.7 Å². The third kappa shape index (κ3) is 5.07. The highest BCUT2D eigenvalue weighted by Gasteiger charge is 2.17. The van der Waals surface area contributed by atoms with Crippen molar-refractivity contribution in [3.05, 3.63) is 54.1 Å². The first-order valence-electron chi connectivity index (χ1n) is 9.16. The SMILES string of the molecule is COc1ccccc1-c1ccc(C(C)NCC(N)C(C)C(C)C)cc1. The molecule has 2 aromatic rings. The molecule has 0 saturated heterocycles. The minimum absolute atomic E-state index is 0.176. The fourth-order valence-electron chi connectivity index (χ4n) is 2.95. The van der Waals surface area contributed by atoms with Gasteiger partial charge in [0.2, 0.25) is 0 Å². The summed E-state index contributed by atoms with van der Waals surface area (Å²) in [6.07, 6.45) is 0. The summed E-state index contributed by atoms with van der Waals surface area (Å²) in [5, 5.41) is 3.57. The molecule has 0 bridgehead atoms. The normalized spacial score (nSPS) is 15.0. The smallest absolute Gasteiger partial charge is 0.126 e. The van der Waals surface area contributed by atoms with Crippen LogP contribution >= 0.6 is 0 Å². The van der Waals surface area contributed by atoms with Crippen LogP contribution in [0, 0.1) is 11.8 Å². The van der Waals surface area contributed by atoms with Gasteiger partial charge in [-0.2, -0.15) is 0 Å². The third-order valence-electron chi connectivity index (χ3n) is 5.22. The maximum atomic E-state index is 6.30. The highest BCUT2D eigenvalue weighted by atomic mass is 16.5. The summed E-state index contributed by atoms with van der Waals surface area (Å²) in [6, 6.07) is 17.2. The molecule has 0 saturated carbocycles. The molecule has 0 amide bonds. The van der Waals surface area contributed by atoms with E-state index in [2.05, 4.69) is 63.3 Å². The lowest BCUT2D eigenvalue weighted by molar-refractivity contribution is 0.328. The van der Waals surface area contributed by atoms with Crippen LogP contribution in [-0.4, -0.2) is 19.7 Å². The zero-order valence-electron chi connectivity index (χ0n) is 16.1. The van der Waals surface area contributed by atoms with E-state index in [4.69, 9.17) is 10.5 Å². The first-order valence-corrected chi connectivity index (χ1v) is 9.16. The van der Waals surface area contributed by atoms with Gasteiger partial charge < -0.3 is 15.8 Å². The van der Waals surface area contributed by atoms with Crippen molar-refractivity contribution in [3.8, 4) is 16.9 Å². The van der Waals surface area contributed by atoms with Gasteiger partial charge in [-0.25, -0.2) is 0 Å². The molecule has 136 valence electrons. The molecule has 0 heterocycles. The van der Waals surface area contributed by atoms with Crippen LogP contribution in [0.15, 0.2) is 48.5 Å². The molecule has 3 unspecified atom stereocenters. The van der Waals surface area contributed by atoms with Crippen LogP contribution in [0.1, 0.15) is 39.3 Å². The Bertz CT molecular complexity index is 651. The van der Waals surface area contributed by atoms with Crippen LogP contribution in [0.25, 0.3) is 11.1 Å². The Morgan fingerprint density at radius 3 is 2.20 bits per heavy atom. The van der Waals surface area contributed by atoms with Crippen molar-refractivity contribution < 1.29 is 4.74 Å². The van der Waals surface area contributed by atoms with Crippen molar-refractivity contribution in [2.45, 2.75) is 39.8 Å². The first-order chi connectivity index (χ1) is 11.9. The summed E-state index contributed by atoms with van der Waals surface area (Å²) in [5.41, 5.74) is 9.85. The average Bonchev–Trinajstić information content (AvgIpc) is 2.65. The van der Waals surface area contributed by atoms with E-state index in [9.17, 15) is 0 Å². The largest absolute Gasteiger partial charge is 0.496 e. The maximum Gasteiger partial charge on any atom is 0.126 e. The second kappa shape index (κ2) is 9.02. The van der Waals surface area contributed by atoms with Crippen LogP contribution in [0.3, 0.4) is 0 Å². The molecular formula is C22H32N2O. The Kier molecular flexibility index (Phi) is 7.03. The number of methoxy groups -OCH3 is 1. The van der Waals surface area contributed by atoms with Gasteiger partial charge in [-0.3, -0.25) is 0 Å². The van der Waals surface area contributed by atoms with Gasteiger partial charge in [-0.15, -0.1) is 0 Å². The highest BCUT2D eigenvalue weighted by Crippen LogP contribution is 2.30. The zero-order chi connectivity index (χ0) is 18.4. The molecule has 0 aliphatic carbocycles. The summed E-state index contributed by atoms with van der Waals surface area (Å²) in [5.74, 6) is 2.01. The van der Waals surface area contributed by atoms with Crippen LogP contribution < -0.4 is 15.8 Å². The first kappa shape index (κ1) is 19.5. The van der Waals surface area contributed by atoms with E-state index in [1.165, 1.54) is 11.1 Å². The molecule has 25 heavy (non-hydrogen) atoms. The van der Waals surface area contributed by atoms with E-state index in [-0.39, 0.29) is 12.1 Å². The van der Waals surface area contributed by atoms with Gasteiger partial charge >= 0.3 is 0 Å². The van der Waals surface area contributed by atoms with Crippen molar-refractivity contribution in [2.24, 2.45) is 17.6 Å². The minimum atomic E-state index is 0.176. The predicted octanol–water partition coefficient (Wildman–Crippen LogP) is 4.63. The van der Waals surface area contributed by atoms with Gasteiger partial charge in [-0.05, 0) is 36.0 Å². The molecule has 0 aliphatic rings. The summed E-state index contributed by atoms with van der Waals surface area (Å²) in [4.78, 5) is 0. The van der Waals surface area contributed by atoms with E-state index in [0.717, 1.165) is 17.9 Å². The van der Waals surface area contributed by atoms with E-state index >= 15 is 0 Å². The van der Waals surface area contributed by atoms with Crippen molar-refractivity contribution >= 4 is 0 Å². The molecule has 3 atom stereocenters. The molecular weight excluding hydrogens is 308 g/mol. The summed E-state index contributed by atoms with van der Waals surface area (Å²) in [7, 11) is 1.71. The molecule has 3 heteroatoms. The topological polar surface area (TPSA) is 47.3 Å². The lowest BCUT2D eigenvalue weighted by Gasteiger charge is -2.25. The van der Waals surface area contributed by atoms with Crippen LogP contribution in [-0.2, 0) is 0 Å². The molecule has 0 radical (unpaired) electrons. The predicted molar refractivity (Wildman–Crippen MR) is 107 cm³/mol. The van der Waals surface area contributed by atoms with E-state index in [1.807, 2.05) is 18.2 Å². The van der Waals surface area contributed by atoms with Crippen LogP contribution in [0.4, 0.5) is 0 Å². The monoisotopic (exact) mass is 340 g/mol. The number of nitrogens with two attached hydrogens (primary N) is 1. The van der Waals surface area contributed by atoms with Crippen molar-refractivity contribution in [3.63, 3.8) is 0 Å². The Morgan fingerprint density at radius 2 is 1.60 bits per heavy atom. The molecule has 3 N–H and O–H groups in total. The molecule has 2 rings (SSSR count). The maximum absolute atomic E-state index is 6.30. The fraction of sp³-hybridized carbons (Fsp3) is 0.455. The number of hydrogen-bond acceptors (Lipinski definition) is 3. The van der Waals surface area contributed by atoms with E-state index < -0.39 is 0 Å². The average molecular weight is 341 g/mol. The number of nitrogens with one attached hydrogen (secondary N) is 1. The minimum Gasteiger partial charge on any atom is -0.496 e. The Morgan fingerprint density at radius 1 is 0.960 bits per heavy atom. The second-order valence-electron chi connectivity index (χ2n) is 7.22. The Labute approximate surface area is 152 Å². The number of ether oxygens (including phenoxy) is 1. The van der Waals surface area contributed by atoms with Gasteiger partial charge in [-0.1, -0.05) is 63.2 Å². The van der Waals surface area contributed by atoms with Gasteiger partial charge in [0.15, 0.2) is 0 Å². The molecule has 0 aliphatic heterocycles. The summed E-state index contributed by atoms with van der Waals surface area (Å²) < 4.78 is 5.46. The van der Waals surface area contributed by atoms with Crippen LogP contribution in [0.5, 0.6) is 5.75 Å². The fourth-order valence-corrected chi connectivity index (χ4v) is 2.95. The van der Waals surface area contributed by atoms with Gasteiger partial charge in [0.25, 0.3) is 0 Å². The lowest BCUT2D eigenvalue weighted by Crippen LogP contribution is -2.41. The summed E-state index contributed by atoms with van der Waals surface area (Å²) in [6.45, 7) is 9.69. The van der Waals surface area contributed by atoms with Crippen LogP contribution in [0.2, 0.25) is 0 Å². The van der Waals surface area contributed by atoms with Crippen molar-refractivity contribution in [1.29, 1.82) is 0 Å². The molecule has 0 spiro atoms. The highest BCUT2D eigenvalue weighted by molar-refractivity contribution is 5.70. The Balaban J connectivity index is 2.02. The number of rotatable bonds is 8.